The SMILES string of the molecule is C[C@H](CCC(=O)c1ccoc1)CO[C@@H]1O[C@H](CO)[C@@H](O)[C@H](O)[C@H]1O. The van der Waals surface area contributed by atoms with Crippen LogP contribution in [-0.2, 0) is 9.47 Å². The van der Waals surface area contributed by atoms with Crippen molar-refractivity contribution >= 4 is 5.78 Å². The molecular weight excluding hydrogens is 320 g/mol. The normalized spacial score (nSPS) is 31.8. The monoisotopic (exact) mass is 344 g/mol. The topological polar surface area (TPSA) is 130 Å². The maximum Gasteiger partial charge on any atom is 0.186 e. The van der Waals surface area contributed by atoms with E-state index in [9.17, 15) is 20.1 Å². The second-order valence-electron chi connectivity index (χ2n) is 6.11. The number of Topliss-reactive ketones (excluding diaryl/α,β-unsaturated/α-hetero) is 1. The van der Waals surface area contributed by atoms with Crippen molar-refractivity contribution in [2.24, 2.45) is 5.92 Å². The summed E-state index contributed by atoms with van der Waals surface area (Å²) in [5.74, 6) is -0.0170. The molecular formula is C16H24O8. The molecule has 0 unspecified atom stereocenters. The highest BCUT2D eigenvalue weighted by molar-refractivity contribution is 5.95. The van der Waals surface area contributed by atoms with Crippen LogP contribution in [0.1, 0.15) is 30.1 Å². The van der Waals surface area contributed by atoms with Gasteiger partial charge in [-0.15, -0.1) is 0 Å². The summed E-state index contributed by atoms with van der Waals surface area (Å²) in [4.78, 5) is 11.9. The number of carbonyl (C=O) groups is 1. The van der Waals surface area contributed by atoms with Crippen LogP contribution in [0.4, 0.5) is 0 Å². The summed E-state index contributed by atoms with van der Waals surface area (Å²) >= 11 is 0. The minimum absolute atomic E-state index is 0.00761. The highest BCUT2D eigenvalue weighted by Crippen LogP contribution is 2.23. The van der Waals surface area contributed by atoms with Gasteiger partial charge in [-0.1, -0.05) is 6.92 Å². The summed E-state index contributed by atoms with van der Waals surface area (Å²) in [5, 5.41) is 38.4. The molecule has 0 amide bonds. The predicted molar refractivity (Wildman–Crippen MR) is 81.2 cm³/mol. The number of hydrogen-bond donors (Lipinski definition) is 4. The summed E-state index contributed by atoms with van der Waals surface area (Å²) in [5.41, 5.74) is 0.525. The average molecular weight is 344 g/mol. The van der Waals surface area contributed by atoms with Gasteiger partial charge in [-0.25, -0.2) is 0 Å². The Morgan fingerprint density at radius 3 is 2.67 bits per heavy atom. The second-order valence-corrected chi connectivity index (χ2v) is 6.11. The van der Waals surface area contributed by atoms with Gasteiger partial charge in [-0.2, -0.15) is 0 Å². The number of hydrogen-bond acceptors (Lipinski definition) is 8. The van der Waals surface area contributed by atoms with Crippen LogP contribution in [0, 0.1) is 5.92 Å². The van der Waals surface area contributed by atoms with E-state index in [0.717, 1.165) is 0 Å². The number of ketones is 1. The molecule has 1 aromatic rings. The summed E-state index contributed by atoms with van der Waals surface area (Å²) in [7, 11) is 0. The molecule has 6 atom stereocenters. The number of carbonyl (C=O) groups excluding carboxylic acids is 1. The molecule has 0 bridgehead atoms. The minimum Gasteiger partial charge on any atom is -0.472 e. The van der Waals surface area contributed by atoms with Gasteiger partial charge in [0.25, 0.3) is 0 Å². The lowest BCUT2D eigenvalue weighted by atomic mass is 9.99. The van der Waals surface area contributed by atoms with Crippen molar-refractivity contribution < 1.29 is 39.1 Å². The molecule has 0 spiro atoms. The average Bonchev–Trinajstić information content (AvgIpc) is 3.11. The van der Waals surface area contributed by atoms with Crippen LogP contribution in [0.5, 0.6) is 0 Å². The fourth-order valence-electron chi connectivity index (χ4n) is 2.49. The highest BCUT2D eigenvalue weighted by Gasteiger charge is 2.44. The van der Waals surface area contributed by atoms with E-state index in [1.807, 2.05) is 6.92 Å². The number of aliphatic hydroxyl groups excluding tert-OH is 4. The zero-order valence-corrected chi connectivity index (χ0v) is 13.4. The molecule has 2 rings (SSSR count). The van der Waals surface area contributed by atoms with Gasteiger partial charge < -0.3 is 34.3 Å². The van der Waals surface area contributed by atoms with Crippen LogP contribution >= 0.6 is 0 Å². The molecule has 24 heavy (non-hydrogen) atoms. The number of rotatable bonds is 8. The van der Waals surface area contributed by atoms with Gasteiger partial charge in [0.15, 0.2) is 12.1 Å². The Kier molecular flexibility index (Phi) is 6.90. The third-order valence-electron chi connectivity index (χ3n) is 4.10. The molecule has 0 saturated carbocycles. The largest absolute Gasteiger partial charge is 0.472 e. The second kappa shape index (κ2) is 8.70. The number of furan rings is 1. The molecule has 136 valence electrons. The quantitative estimate of drug-likeness (QED) is 0.473. The molecule has 0 aliphatic carbocycles. The van der Waals surface area contributed by atoms with E-state index >= 15 is 0 Å². The fourth-order valence-corrected chi connectivity index (χ4v) is 2.49. The first-order valence-electron chi connectivity index (χ1n) is 7.91. The third-order valence-corrected chi connectivity index (χ3v) is 4.10. The Morgan fingerprint density at radius 2 is 2.04 bits per heavy atom. The first-order valence-corrected chi connectivity index (χ1v) is 7.91. The summed E-state index contributed by atoms with van der Waals surface area (Å²) in [6, 6.07) is 1.61. The Morgan fingerprint density at radius 1 is 1.29 bits per heavy atom. The van der Waals surface area contributed by atoms with Crippen molar-refractivity contribution in [3.05, 3.63) is 24.2 Å². The Labute approximate surface area is 139 Å². The lowest BCUT2D eigenvalue weighted by Crippen LogP contribution is -2.59. The smallest absolute Gasteiger partial charge is 0.186 e. The van der Waals surface area contributed by atoms with Crippen molar-refractivity contribution in [3.63, 3.8) is 0 Å². The van der Waals surface area contributed by atoms with Crippen molar-refractivity contribution in [1.29, 1.82) is 0 Å². The van der Waals surface area contributed by atoms with Crippen LogP contribution in [-0.4, -0.2) is 70.1 Å². The lowest BCUT2D eigenvalue weighted by molar-refractivity contribution is -0.303. The third kappa shape index (κ3) is 4.62. The van der Waals surface area contributed by atoms with Crippen molar-refractivity contribution in [2.75, 3.05) is 13.2 Å². The molecule has 1 saturated heterocycles. The van der Waals surface area contributed by atoms with E-state index in [1.165, 1.54) is 12.5 Å². The molecule has 1 aliphatic heterocycles. The van der Waals surface area contributed by atoms with Crippen LogP contribution < -0.4 is 0 Å². The van der Waals surface area contributed by atoms with Gasteiger partial charge >= 0.3 is 0 Å². The first kappa shape index (κ1) is 19.0. The van der Waals surface area contributed by atoms with Crippen LogP contribution in [0.2, 0.25) is 0 Å². The molecule has 8 heteroatoms. The Hall–Kier alpha value is -1.29. The molecule has 8 nitrogen and oxygen atoms in total. The van der Waals surface area contributed by atoms with Crippen molar-refractivity contribution in [1.82, 2.24) is 0 Å². The van der Waals surface area contributed by atoms with Gasteiger partial charge in [-0.3, -0.25) is 4.79 Å². The van der Waals surface area contributed by atoms with Gasteiger partial charge in [0.2, 0.25) is 0 Å². The van der Waals surface area contributed by atoms with Crippen molar-refractivity contribution in [3.8, 4) is 0 Å². The van der Waals surface area contributed by atoms with Gasteiger partial charge in [0.05, 0.1) is 25.0 Å². The van der Waals surface area contributed by atoms with Crippen molar-refractivity contribution in [2.45, 2.75) is 50.5 Å². The van der Waals surface area contributed by atoms with E-state index in [-0.39, 0.29) is 18.3 Å². The molecule has 0 aromatic carbocycles. The minimum atomic E-state index is -1.46. The Bertz CT molecular complexity index is 500. The van der Waals surface area contributed by atoms with Gasteiger partial charge in [0, 0.05) is 6.42 Å². The van der Waals surface area contributed by atoms with Crippen LogP contribution in [0.3, 0.4) is 0 Å². The molecule has 0 radical (unpaired) electrons. The van der Waals surface area contributed by atoms with E-state index in [4.69, 9.17) is 19.0 Å². The number of ether oxygens (including phenoxy) is 2. The maximum atomic E-state index is 11.9. The molecule has 4 N–H and O–H groups in total. The van der Waals surface area contributed by atoms with Crippen LogP contribution in [0.25, 0.3) is 0 Å². The maximum absolute atomic E-state index is 11.9. The van der Waals surface area contributed by atoms with E-state index in [2.05, 4.69) is 0 Å². The van der Waals surface area contributed by atoms with E-state index < -0.39 is 37.3 Å². The molecule has 1 aliphatic rings. The Balaban J connectivity index is 1.76. The van der Waals surface area contributed by atoms with Crippen LogP contribution in [0.15, 0.2) is 23.0 Å². The molecule has 2 heterocycles. The summed E-state index contributed by atoms with van der Waals surface area (Å²) in [6.07, 6.45) is -2.67. The zero-order valence-electron chi connectivity index (χ0n) is 13.4. The molecule has 1 aromatic heterocycles. The number of aliphatic hydroxyl groups is 4. The summed E-state index contributed by atoms with van der Waals surface area (Å²) < 4.78 is 15.6. The zero-order chi connectivity index (χ0) is 17.7. The predicted octanol–water partition coefficient (Wildman–Crippen LogP) is -0.305. The van der Waals surface area contributed by atoms with E-state index in [1.54, 1.807) is 6.07 Å². The van der Waals surface area contributed by atoms with Gasteiger partial charge in [0.1, 0.15) is 30.7 Å². The standard InChI is InChI=1S/C16H24O8/c1-9(2-3-11(18)10-4-5-22-8-10)7-23-16-15(21)14(20)13(19)12(6-17)24-16/h4-5,8-9,12-17,19-21H,2-3,6-7H2,1H3/t9-,12-,13-,14+,15-,16-/m1/s1. The van der Waals surface area contributed by atoms with Gasteiger partial charge in [-0.05, 0) is 18.4 Å². The van der Waals surface area contributed by atoms with E-state index in [0.29, 0.717) is 18.4 Å². The molecule has 1 fully saturated rings. The lowest BCUT2D eigenvalue weighted by Gasteiger charge is -2.39. The summed E-state index contributed by atoms with van der Waals surface area (Å²) in [6.45, 7) is 1.58. The fraction of sp³-hybridized carbons (Fsp3) is 0.688. The first-order chi connectivity index (χ1) is 11.4. The highest BCUT2D eigenvalue weighted by atomic mass is 16.7.